The first-order chi connectivity index (χ1) is 21.8. The molecule has 1 spiro atoms. The summed E-state index contributed by atoms with van der Waals surface area (Å²) >= 11 is 7.62. The first-order valence-electron chi connectivity index (χ1n) is 15.1. The van der Waals surface area contributed by atoms with Crippen molar-refractivity contribution >= 4 is 58.2 Å². The van der Waals surface area contributed by atoms with E-state index in [9.17, 15) is 18.8 Å². The summed E-state index contributed by atoms with van der Waals surface area (Å²) in [4.78, 5) is 51.1. The van der Waals surface area contributed by atoms with Gasteiger partial charge in [0.15, 0.2) is 0 Å². The van der Waals surface area contributed by atoms with Crippen LogP contribution in [-0.2, 0) is 37.6 Å². The number of halogens is 2. The van der Waals surface area contributed by atoms with Crippen LogP contribution in [0.1, 0.15) is 50.4 Å². The number of unbranched alkanes of at least 4 members (excludes halogenated alkanes) is 1. The highest BCUT2D eigenvalue weighted by atomic mass is 35.5. The van der Waals surface area contributed by atoms with E-state index >= 15 is 0 Å². The van der Waals surface area contributed by atoms with Gasteiger partial charge in [-0.1, -0.05) is 23.5 Å². The smallest absolute Gasteiger partial charge is 0.410 e. The van der Waals surface area contributed by atoms with Gasteiger partial charge in [0.2, 0.25) is 5.91 Å². The van der Waals surface area contributed by atoms with E-state index in [-0.39, 0.29) is 24.5 Å². The highest BCUT2D eigenvalue weighted by Gasteiger charge is 2.53. The summed E-state index contributed by atoms with van der Waals surface area (Å²) in [5.41, 5.74) is 2.47. The van der Waals surface area contributed by atoms with Crippen molar-refractivity contribution in [2.24, 2.45) is 0 Å². The van der Waals surface area contributed by atoms with E-state index in [1.54, 1.807) is 41.2 Å². The summed E-state index contributed by atoms with van der Waals surface area (Å²) in [5.74, 6) is 0.929. The minimum Gasteiger partial charge on any atom is -0.469 e. The zero-order valence-corrected chi connectivity index (χ0v) is 27.0. The van der Waals surface area contributed by atoms with Gasteiger partial charge < -0.3 is 23.8 Å². The molecule has 1 unspecified atom stereocenters. The molecule has 1 aromatic carbocycles. The molecule has 2 aliphatic heterocycles. The number of ether oxygens (including phenoxy) is 2. The van der Waals surface area contributed by atoms with Crippen LogP contribution in [0.4, 0.5) is 14.9 Å². The largest absolute Gasteiger partial charge is 0.469 e. The van der Waals surface area contributed by atoms with E-state index in [0.29, 0.717) is 74.9 Å². The number of esters is 1. The first-order valence-corrected chi connectivity index (χ1v) is 16.5. The highest BCUT2D eigenvalue weighted by molar-refractivity contribution is 7.97. The minimum absolute atomic E-state index is 0.0412. The van der Waals surface area contributed by atoms with Crippen LogP contribution in [-0.4, -0.2) is 82.7 Å². The third kappa shape index (κ3) is 7.20. The van der Waals surface area contributed by atoms with Crippen molar-refractivity contribution < 1.29 is 28.2 Å². The van der Waals surface area contributed by atoms with Crippen LogP contribution in [0, 0.1) is 0 Å². The number of aromatic nitrogens is 3. The molecule has 45 heavy (non-hydrogen) atoms. The summed E-state index contributed by atoms with van der Waals surface area (Å²) in [6.07, 6.45) is 4.89. The number of amides is 2. The molecule has 4 heterocycles. The Morgan fingerprint density at radius 1 is 1.22 bits per heavy atom. The van der Waals surface area contributed by atoms with E-state index in [2.05, 4.69) is 14.4 Å². The van der Waals surface area contributed by atoms with Gasteiger partial charge in [-0.2, -0.15) is 0 Å². The van der Waals surface area contributed by atoms with Crippen LogP contribution < -0.4 is 9.62 Å². The van der Waals surface area contributed by atoms with Crippen LogP contribution in [0.15, 0.2) is 36.7 Å². The van der Waals surface area contributed by atoms with Crippen molar-refractivity contribution in [1.29, 1.82) is 0 Å². The number of fused-ring (bicyclic) bond motifs is 3. The van der Waals surface area contributed by atoms with Gasteiger partial charge in [0.1, 0.15) is 11.9 Å². The fourth-order valence-corrected chi connectivity index (χ4v) is 6.93. The lowest BCUT2D eigenvalue weighted by Gasteiger charge is -2.38. The number of hydrogen-bond acceptors (Lipinski definition) is 9. The lowest BCUT2D eigenvalue weighted by molar-refractivity contribution is -0.140. The molecule has 5 rings (SSSR count). The molecule has 242 valence electrons. The third-order valence-electron chi connectivity index (χ3n) is 8.40. The number of nitrogens with one attached hydrogen (secondary N) is 1. The number of pyridine rings is 1. The number of anilines is 1. The number of piperidine rings is 1. The van der Waals surface area contributed by atoms with Gasteiger partial charge in [0, 0.05) is 43.2 Å². The summed E-state index contributed by atoms with van der Waals surface area (Å²) in [7, 11) is 1.36. The van der Waals surface area contributed by atoms with Gasteiger partial charge in [0.05, 0.1) is 55.1 Å². The molecular weight excluding hydrogens is 623 g/mol. The maximum Gasteiger partial charge on any atom is 0.410 e. The number of carbonyl (C=O) groups is 3. The number of hydrogen-bond donors (Lipinski definition) is 1. The number of nitrogens with zero attached hydrogens (tertiary/aromatic N) is 5. The van der Waals surface area contributed by atoms with Gasteiger partial charge >= 0.3 is 12.1 Å². The molecule has 2 aromatic heterocycles. The number of aryl methyl sites for hydroxylation is 1. The van der Waals surface area contributed by atoms with Gasteiger partial charge in [-0.15, -0.1) is 0 Å². The number of likely N-dealkylation sites (tertiary alicyclic amines) is 1. The molecule has 1 fully saturated rings. The van der Waals surface area contributed by atoms with Crippen LogP contribution in [0.5, 0.6) is 0 Å². The van der Waals surface area contributed by atoms with E-state index in [1.807, 2.05) is 16.7 Å². The van der Waals surface area contributed by atoms with Crippen LogP contribution in [0.25, 0.3) is 11.0 Å². The van der Waals surface area contributed by atoms with Crippen molar-refractivity contribution in [1.82, 2.24) is 24.2 Å². The summed E-state index contributed by atoms with van der Waals surface area (Å²) in [6.45, 7) is 3.38. The van der Waals surface area contributed by atoms with Crippen molar-refractivity contribution in [3.05, 3.63) is 53.1 Å². The maximum atomic E-state index is 14.3. The SMILES string of the molecule is COC(=O)CCSNCC(C)OC(=O)N1CCC2(CC1)C(=O)N(Cc1nc3cc(Cl)ccc3n1CCCCF)c1cnccc12. The van der Waals surface area contributed by atoms with E-state index in [0.717, 1.165) is 22.3 Å². The van der Waals surface area contributed by atoms with E-state index in [4.69, 9.17) is 21.3 Å². The van der Waals surface area contributed by atoms with Crippen LogP contribution >= 0.6 is 23.5 Å². The topological polar surface area (TPSA) is 119 Å². The fourth-order valence-electron chi connectivity index (χ4n) is 6.00. The van der Waals surface area contributed by atoms with Gasteiger partial charge in [-0.25, -0.2) is 9.78 Å². The Morgan fingerprint density at radius 3 is 2.78 bits per heavy atom. The molecule has 1 atom stereocenters. The summed E-state index contributed by atoms with van der Waals surface area (Å²) in [6, 6.07) is 7.41. The monoisotopic (exact) mass is 660 g/mol. The fraction of sp³-hybridized carbons (Fsp3) is 0.516. The second-order valence-corrected chi connectivity index (χ2v) is 12.7. The Bertz CT molecular complexity index is 1530. The predicted octanol–water partition coefficient (Wildman–Crippen LogP) is 5.04. The second kappa shape index (κ2) is 14.8. The molecule has 14 heteroatoms. The van der Waals surface area contributed by atoms with Gasteiger partial charge in [-0.3, -0.25) is 23.7 Å². The van der Waals surface area contributed by atoms with Crippen LogP contribution in [0.2, 0.25) is 5.02 Å². The molecule has 1 saturated heterocycles. The van der Waals surface area contributed by atoms with Crippen molar-refractivity contribution in [3.63, 3.8) is 0 Å². The van der Waals surface area contributed by atoms with Crippen molar-refractivity contribution in [2.75, 3.05) is 44.1 Å². The lowest BCUT2D eigenvalue weighted by atomic mass is 9.74. The molecule has 2 aliphatic rings. The van der Waals surface area contributed by atoms with Crippen molar-refractivity contribution in [3.8, 4) is 0 Å². The second-order valence-electron chi connectivity index (χ2n) is 11.3. The third-order valence-corrected chi connectivity index (χ3v) is 9.42. The van der Waals surface area contributed by atoms with Gasteiger partial charge in [-0.05, 0) is 62.4 Å². The number of carbonyl (C=O) groups excluding carboxylic acids is 3. The number of imidazole rings is 1. The zero-order chi connectivity index (χ0) is 32.0. The Hall–Kier alpha value is -3.42. The standard InChI is InChI=1S/C31H38ClFN6O5S/c1-21(18-35-45-16-8-28(40)43-2)44-30(42)37-14-9-31(10-15-37)23-7-12-34-19-26(23)39(29(31)41)20-27-36-24-17-22(32)5-6-25(24)38(27)13-4-3-11-33/h5-7,12,17,19,21,35H,3-4,8-11,13-16,18,20H2,1-2H3. The Kier molecular flexibility index (Phi) is 10.8. The molecule has 11 nitrogen and oxygen atoms in total. The number of benzene rings is 1. The molecule has 0 bridgehead atoms. The molecule has 0 radical (unpaired) electrons. The summed E-state index contributed by atoms with van der Waals surface area (Å²) < 4.78 is 28.4. The number of rotatable bonds is 13. The quantitative estimate of drug-likeness (QED) is 0.153. The normalized spacial score (nSPS) is 16.3. The molecule has 2 amide bonds. The molecule has 1 N–H and O–H groups in total. The Balaban J connectivity index is 1.25. The van der Waals surface area contributed by atoms with Gasteiger partial charge in [0.25, 0.3) is 0 Å². The predicted molar refractivity (Wildman–Crippen MR) is 171 cm³/mol. The Labute approximate surface area is 270 Å². The Morgan fingerprint density at radius 2 is 2.02 bits per heavy atom. The zero-order valence-electron chi connectivity index (χ0n) is 25.5. The molecular formula is C31H38ClFN6O5S. The minimum atomic E-state index is -0.785. The average Bonchev–Trinajstić information content (AvgIpc) is 3.48. The van der Waals surface area contributed by atoms with Crippen molar-refractivity contribution in [2.45, 2.75) is 63.6 Å². The molecule has 3 aromatic rings. The van der Waals surface area contributed by atoms with E-state index < -0.39 is 18.2 Å². The number of methoxy groups -OCH3 is 1. The molecule has 0 saturated carbocycles. The first kappa shape index (κ1) is 33.0. The van der Waals surface area contributed by atoms with Crippen LogP contribution in [0.3, 0.4) is 0 Å². The summed E-state index contributed by atoms with van der Waals surface area (Å²) in [5, 5.41) is 0.568. The maximum absolute atomic E-state index is 14.3. The average molecular weight is 661 g/mol. The van der Waals surface area contributed by atoms with E-state index in [1.165, 1.54) is 19.1 Å². The lowest BCUT2D eigenvalue weighted by Crippen LogP contribution is -2.50. The highest BCUT2D eigenvalue weighted by Crippen LogP contribution is 2.48. The number of alkyl halides is 1. The molecule has 0 aliphatic carbocycles.